The number of aliphatic carboxylic acids is 1. The molecule has 0 unspecified atom stereocenters. The summed E-state index contributed by atoms with van der Waals surface area (Å²) in [6, 6.07) is 10.6. The predicted octanol–water partition coefficient (Wildman–Crippen LogP) is 6.02. The van der Waals surface area contributed by atoms with Crippen molar-refractivity contribution in [3.05, 3.63) is 48.0 Å². The molecule has 1 aliphatic rings. The molecule has 1 aliphatic carbocycles. The second-order valence-corrected chi connectivity index (χ2v) is 10.0. The number of nitrogens with one attached hydrogen (secondary N) is 2. The van der Waals surface area contributed by atoms with Crippen molar-refractivity contribution in [3.8, 4) is 5.75 Å². The number of hydrogen-bond donors (Lipinski definition) is 3. The molecule has 1 amide bonds. The lowest BCUT2D eigenvalue weighted by atomic mass is 9.75. The Kier molecular flexibility index (Phi) is 7.33. The molecule has 1 aromatic heterocycles. The zero-order valence-corrected chi connectivity index (χ0v) is 20.6. The maximum Gasteiger partial charge on any atom is 0.573 e. The average Bonchev–Trinajstić information content (AvgIpc) is 3.15. The first-order chi connectivity index (χ1) is 17.4. The van der Waals surface area contributed by atoms with E-state index in [2.05, 4.69) is 33.8 Å². The van der Waals surface area contributed by atoms with Crippen LogP contribution < -0.4 is 15.4 Å². The molecule has 0 bridgehead atoms. The first-order valence-electron chi connectivity index (χ1n) is 12.0. The number of aromatic nitrogens is 2. The number of carboxylic acids is 1. The second kappa shape index (κ2) is 10.3. The second-order valence-electron chi connectivity index (χ2n) is 10.0. The van der Waals surface area contributed by atoms with Crippen LogP contribution in [0.5, 0.6) is 5.75 Å². The molecule has 198 valence electrons. The minimum absolute atomic E-state index is 0.0170. The number of ether oxygens (including phenoxy) is 1. The molecule has 0 aliphatic heterocycles. The van der Waals surface area contributed by atoms with Crippen molar-refractivity contribution < 1.29 is 32.6 Å². The van der Waals surface area contributed by atoms with Crippen molar-refractivity contribution in [3.63, 3.8) is 0 Å². The van der Waals surface area contributed by atoms with Crippen LogP contribution in [-0.2, 0) is 4.79 Å². The summed E-state index contributed by atoms with van der Waals surface area (Å²) in [5, 5.41) is 14.7. The smallest absolute Gasteiger partial charge is 0.481 e. The summed E-state index contributed by atoms with van der Waals surface area (Å²) >= 11 is 0. The van der Waals surface area contributed by atoms with E-state index in [-0.39, 0.29) is 36.1 Å². The molecule has 0 radical (unpaired) electrons. The van der Waals surface area contributed by atoms with E-state index in [0.717, 1.165) is 31.2 Å². The highest BCUT2D eigenvalue weighted by molar-refractivity contribution is 5.98. The van der Waals surface area contributed by atoms with Crippen molar-refractivity contribution in [1.82, 2.24) is 14.9 Å². The standard InChI is InChI=1S/C26H29F3N4O4/c1-25(2)12-3-4-18(15-25)33-21-14-16(23(36)30-13-11-22(34)35)5-10-20(21)32-24(33)31-17-6-8-19(9-7-17)37-26(27,28)29/h5-10,14,18H,3-4,11-13,15H2,1-2H3,(H,30,36)(H,31,32)(H,34,35)/t18-/m0/s1. The summed E-state index contributed by atoms with van der Waals surface area (Å²) in [5.74, 6) is -1.18. The zero-order valence-electron chi connectivity index (χ0n) is 20.6. The molecule has 0 saturated heterocycles. The van der Waals surface area contributed by atoms with Crippen molar-refractivity contribution in [2.75, 3.05) is 11.9 Å². The highest BCUT2D eigenvalue weighted by Gasteiger charge is 2.32. The van der Waals surface area contributed by atoms with Gasteiger partial charge in [0.1, 0.15) is 5.75 Å². The topological polar surface area (TPSA) is 105 Å². The van der Waals surface area contributed by atoms with Gasteiger partial charge in [0, 0.05) is 23.8 Å². The summed E-state index contributed by atoms with van der Waals surface area (Å²) in [4.78, 5) is 28.1. The van der Waals surface area contributed by atoms with Gasteiger partial charge in [-0.1, -0.05) is 20.3 Å². The Hall–Kier alpha value is -3.76. The maximum atomic E-state index is 12.6. The number of hydrogen-bond acceptors (Lipinski definition) is 5. The highest BCUT2D eigenvalue weighted by atomic mass is 19.4. The molecule has 1 fully saturated rings. The number of carbonyl (C=O) groups excluding carboxylic acids is 1. The molecule has 4 rings (SSSR count). The van der Waals surface area contributed by atoms with Crippen LogP contribution in [-0.4, -0.2) is 39.4 Å². The molecule has 37 heavy (non-hydrogen) atoms. The van der Waals surface area contributed by atoms with E-state index in [9.17, 15) is 22.8 Å². The molecule has 3 aromatic rings. The number of amides is 1. The van der Waals surface area contributed by atoms with Gasteiger partial charge in [-0.2, -0.15) is 0 Å². The SMILES string of the molecule is CC1(C)CCC[C@H](n2c(Nc3ccc(OC(F)(F)F)cc3)nc3ccc(C(=O)NCCC(=O)O)cc32)C1. The van der Waals surface area contributed by atoms with E-state index in [1.807, 2.05) is 0 Å². The number of rotatable bonds is 8. The fourth-order valence-corrected chi connectivity index (χ4v) is 4.82. The van der Waals surface area contributed by atoms with E-state index in [1.165, 1.54) is 24.3 Å². The summed E-state index contributed by atoms with van der Waals surface area (Å²) < 4.78 is 43.6. The molecule has 1 saturated carbocycles. The van der Waals surface area contributed by atoms with Gasteiger partial charge in [0.25, 0.3) is 5.91 Å². The minimum atomic E-state index is -4.77. The summed E-state index contributed by atoms with van der Waals surface area (Å²) in [7, 11) is 0. The monoisotopic (exact) mass is 518 g/mol. The summed E-state index contributed by atoms with van der Waals surface area (Å²) in [5.41, 5.74) is 2.43. The van der Waals surface area contributed by atoms with E-state index < -0.39 is 12.3 Å². The number of nitrogens with zero attached hydrogens (tertiary/aromatic N) is 2. The van der Waals surface area contributed by atoms with E-state index >= 15 is 0 Å². The van der Waals surface area contributed by atoms with Crippen LogP contribution in [0.3, 0.4) is 0 Å². The van der Waals surface area contributed by atoms with Gasteiger partial charge in [-0.3, -0.25) is 9.59 Å². The fraction of sp³-hybridized carbons (Fsp3) is 0.423. The van der Waals surface area contributed by atoms with Gasteiger partial charge in [-0.25, -0.2) is 4.98 Å². The molecule has 3 N–H and O–H groups in total. The number of carbonyl (C=O) groups is 2. The lowest BCUT2D eigenvalue weighted by molar-refractivity contribution is -0.274. The van der Waals surface area contributed by atoms with Gasteiger partial charge in [-0.05, 0) is 67.1 Å². The Balaban J connectivity index is 1.67. The molecule has 1 heterocycles. The van der Waals surface area contributed by atoms with E-state index in [0.29, 0.717) is 22.7 Å². The van der Waals surface area contributed by atoms with E-state index in [1.54, 1.807) is 18.2 Å². The maximum absolute atomic E-state index is 12.6. The number of benzene rings is 2. The molecule has 0 spiro atoms. The van der Waals surface area contributed by atoms with Crippen molar-refractivity contribution in [1.29, 1.82) is 0 Å². The minimum Gasteiger partial charge on any atom is -0.481 e. The molecule has 1 atom stereocenters. The first kappa shape index (κ1) is 26.3. The highest BCUT2D eigenvalue weighted by Crippen LogP contribution is 2.43. The summed E-state index contributed by atoms with van der Waals surface area (Å²) in [6.07, 6.45) is -1.03. The Bertz CT molecular complexity index is 1290. The number of anilines is 2. The van der Waals surface area contributed by atoms with Crippen molar-refractivity contribution >= 4 is 34.5 Å². The Morgan fingerprint density at radius 1 is 1.19 bits per heavy atom. The number of alkyl halides is 3. The number of fused-ring (bicyclic) bond motifs is 1. The van der Waals surface area contributed by atoms with Crippen LogP contribution in [0, 0.1) is 5.41 Å². The molecule has 11 heteroatoms. The zero-order chi connectivity index (χ0) is 26.8. The van der Waals surface area contributed by atoms with Gasteiger partial charge in [0.05, 0.1) is 17.5 Å². The van der Waals surface area contributed by atoms with Crippen LogP contribution in [0.25, 0.3) is 11.0 Å². The van der Waals surface area contributed by atoms with Crippen molar-refractivity contribution in [2.45, 2.75) is 58.4 Å². The van der Waals surface area contributed by atoms with Gasteiger partial charge >= 0.3 is 12.3 Å². The van der Waals surface area contributed by atoms with Gasteiger partial charge in [-0.15, -0.1) is 13.2 Å². The van der Waals surface area contributed by atoms with Crippen LogP contribution >= 0.6 is 0 Å². The first-order valence-corrected chi connectivity index (χ1v) is 12.0. The van der Waals surface area contributed by atoms with Crippen LogP contribution in [0.1, 0.15) is 62.4 Å². The molecular formula is C26H29F3N4O4. The Morgan fingerprint density at radius 2 is 1.92 bits per heavy atom. The molecule has 2 aromatic carbocycles. The normalized spacial score (nSPS) is 17.4. The lowest BCUT2D eigenvalue weighted by Gasteiger charge is -2.36. The molecule has 8 nitrogen and oxygen atoms in total. The van der Waals surface area contributed by atoms with Crippen molar-refractivity contribution in [2.24, 2.45) is 5.41 Å². The lowest BCUT2D eigenvalue weighted by Crippen LogP contribution is -2.26. The fourth-order valence-electron chi connectivity index (χ4n) is 4.82. The predicted molar refractivity (Wildman–Crippen MR) is 132 cm³/mol. The third kappa shape index (κ3) is 6.72. The van der Waals surface area contributed by atoms with E-state index in [4.69, 9.17) is 10.1 Å². The van der Waals surface area contributed by atoms with Gasteiger partial charge < -0.3 is 25.0 Å². The van der Waals surface area contributed by atoms with Crippen LogP contribution in [0.4, 0.5) is 24.8 Å². The average molecular weight is 519 g/mol. The van der Waals surface area contributed by atoms with Gasteiger partial charge in [0.15, 0.2) is 0 Å². The Morgan fingerprint density at radius 3 is 2.57 bits per heavy atom. The van der Waals surface area contributed by atoms with Crippen LogP contribution in [0.15, 0.2) is 42.5 Å². The molecular weight excluding hydrogens is 489 g/mol. The number of imidazole rings is 1. The summed E-state index contributed by atoms with van der Waals surface area (Å²) in [6.45, 7) is 4.45. The largest absolute Gasteiger partial charge is 0.573 e. The third-order valence-corrected chi connectivity index (χ3v) is 6.46. The quantitative estimate of drug-likeness (QED) is 0.337. The van der Waals surface area contributed by atoms with Gasteiger partial charge in [0.2, 0.25) is 5.95 Å². The number of halogens is 3. The third-order valence-electron chi connectivity index (χ3n) is 6.46. The number of carboxylic acid groups (broad SMARTS) is 1. The van der Waals surface area contributed by atoms with Crippen LogP contribution in [0.2, 0.25) is 0 Å². The Labute approximate surface area is 211 Å².